The fourth-order valence-corrected chi connectivity index (χ4v) is 10.0. The highest BCUT2D eigenvalue weighted by molar-refractivity contribution is 7.74. The van der Waals surface area contributed by atoms with E-state index in [0.717, 1.165) is 18.4 Å². The number of hydrogen-bond donors (Lipinski definition) is 2. The molecule has 1 fully saturated rings. The van der Waals surface area contributed by atoms with Crippen molar-refractivity contribution < 1.29 is 70.4 Å². The van der Waals surface area contributed by atoms with Crippen molar-refractivity contribution >= 4 is 33.1 Å². The third-order valence-corrected chi connectivity index (χ3v) is 15.9. The lowest BCUT2D eigenvalue weighted by Gasteiger charge is -2.40. The van der Waals surface area contributed by atoms with Crippen LogP contribution in [-0.2, 0) is 65.3 Å². The van der Waals surface area contributed by atoms with Gasteiger partial charge in [-0.2, -0.15) is 0 Å². The number of nitrogens with zero attached hydrogens (tertiary/aromatic N) is 2. The van der Waals surface area contributed by atoms with Crippen LogP contribution >= 0.6 is 15.2 Å². The van der Waals surface area contributed by atoms with E-state index in [1.165, 1.54) is 12.5 Å². The third-order valence-electron chi connectivity index (χ3n) is 9.99. The van der Waals surface area contributed by atoms with E-state index >= 15 is 9.13 Å². The largest absolute Gasteiger partial charge is 0.438 e. The van der Waals surface area contributed by atoms with E-state index in [1.807, 2.05) is 40.7 Å². The number of hydrazine groups is 2. The SMILES string of the molecule is C/C(=C/CCN1C=C(CC(C)(P(=O)(OCOC(=O)C(C)(C)C)OCOC(=O)C(C)(C)C)P(=O)(OCOC(=O)C(C)(C)C)OCOC2(C(C)(C)C)CO2)N(C)N1)CC/C=C(\C)CO. The van der Waals surface area contributed by atoms with Gasteiger partial charge in [0.2, 0.25) is 20.4 Å². The number of epoxide rings is 1. The molecule has 2 aliphatic heterocycles. The number of allylic oxidation sites excluding steroid dienone is 3. The molecule has 2 rings (SSSR count). The number of ether oxygens (including phenoxy) is 5. The molecular formula is C42H75N3O15P2. The van der Waals surface area contributed by atoms with Crippen LogP contribution in [0.15, 0.2) is 35.2 Å². The van der Waals surface area contributed by atoms with Gasteiger partial charge in [-0.15, -0.1) is 5.53 Å². The van der Waals surface area contributed by atoms with Gasteiger partial charge in [0.25, 0.3) is 0 Å². The number of nitrogens with one attached hydrogen (secondary N) is 1. The number of aliphatic hydroxyl groups excluding tert-OH is 1. The Kier molecular flexibility index (Phi) is 19.7. The predicted octanol–water partition coefficient (Wildman–Crippen LogP) is 8.50. The monoisotopic (exact) mass is 923 g/mol. The zero-order chi connectivity index (χ0) is 47.6. The second-order valence-electron chi connectivity index (χ2n) is 19.9. The molecule has 2 heterocycles. The number of aliphatic hydroxyl groups is 1. The normalized spacial score (nSPS) is 20.0. The minimum absolute atomic E-state index is 0.0205. The summed E-state index contributed by atoms with van der Waals surface area (Å²) in [5.74, 6) is -3.22. The van der Waals surface area contributed by atoms with Gasteiger partial charge in [-0.25, -0.2) is 0 Å². The summed E-state index contributed by atoms with van der Waals surface area (Å²) in [7, 11) is -8.40. The molecule has 2 N–H and O–H groups in total. The number of carbonyl (C=O) groups is 3. The van der Waals surface area contributed by atoms with Crippen LogP contribution in [0.3, 0.4) is 0 Å². The summed E-state index contributed by atoms with van der Waals surface area (Å²) in [5.41, 5.74) is 2.18. The summed E-state index contributed by atoms with van der Waals surface area (Å²) in [5, 5.41) is 12.7. The van der Waals surface area contributed by atoms with Crippen LogP contribution in [0.1, 0.15) is 130 Å². The summed E-state index contributed by atoms with van der Waals surface area (Å²) >= 11 is 0. The molecule has 0 radical (unpaired) electrons. The van der Waals surface area contributed by atoms with Gasteiger partial charge in [0.05, 0.1) is 28.5 Å². The van der Waals surface area contributed by atoms with Gasteiger partial charge in [0.1, 0.15) is 6.61 Å². The molecule has 1 saturated heterocycles. The molecule has 3 atom stereocenters. The third kappa shape index (κ3) is 15.8. The maximum absolute atomic E-state index is 15.7. The highest BCUT2D eigenvalue weighted by atomic mass is 31.2. The van der Waals surface area contributed by atoms with E-state index in [2.05, 4.69) is 11.6 Å². The van der Waals surface area contributed by atoms with Crippen LogP contribution in [0.4, 0.5) is 0 Å². The van der Waals surface area contributed by atoms with Gasteiger partial charge < -0.3 is 28.8 Å². The molecular weight excluding hydrogens is 848 g/mol. The molecule has 0 aromatic rings. The van der Waals surface area contributed by atoms with Gasteiger partial charge in [0, 0.05) is 31.6 Å². The molecule has 0 saturated carbocycles. The molecule has 0 bridgehead atoms. The second-order valence-corrected chi connectivity index (χ2v) is 25.3. The Morgan fingerprint density at radius 2 is 1.16 bits per heavy atom. The number of esters is 3. The maximum atomic E-state index is 15.7. The van der Waals surface area contributed by atoms with Crippen molar-refractivity contribution in [1.29, 1.82) is 0 Å². The zero-order valence-corrected chi connectivity index (χ0v) is 41.8. The Labute approximate surface area is 369 Å². The first-order valence-electron chi connectivity index (χ1n) is 20.7. The first kappa shape index (κ1) is 55.5. The quantitative estimate of drug-likeness (QED) is 0.0232. The first-order chi connectivity index (χ1) is 28.3. The van der Waals surface area contributed by atoms with Crippen LogP contribution in [0, 0.1) is 21.7 Å². The van der Waals surface area contributed by atoms with Gasteiger partial charge in [0.15, 0.2) is 17.5 Å². The highest BCUT2D eigenvalue weighted by Gasteiger charge is 2.64. The molecule has 358 valence electrons. The molecule has 0 aromatic carbocycles. The summed E-state index contributed by atoms with van der Waals surface area (Å²) < 4.78 is 82.9. The van der Waals surface area contributed by atoms with E-state index < -0.39 is 99.0 Å². The predicted molar refractivity (Wildman–Crippen MR) is 232 cm³/mol. The van der Waals surface area contributed by atoms with Crippen molar-refractivity contribution in [2.75, 3.05) is 54.0 Å². The fourth-order valence-electron chi connectivity index (χ4n) is 5.40. The Bertz CT molecular complexity index is 1700. The Morgan fingerprint density at radius 1 is 0.742 bits per heavy atom. The van der Waals surface area contributed by atoms with Crippen LogP contribution in [0.2, 0.25) is 0 Å². The van der Waals surface area contributed by atoms with Crippen LogP contribution in [0.5, 0.6) is 0 Å². The summed E-state index contributed by atoms with van der Waals surface area (Å²) in [6, 6.07) is 0. The molecule has 18 nitrogen and oxygen atoms in total. The molecule has 3 unspecified atom stereocenters. The summed E-state index contributed by atoms with van der Waals surface area (Å²) in [6.07, 6.45) is 7.65. The maximum Gasteiger partial charge on any atom is 0.354 e. The first-order valence-corrected chi connectivity index (χ1v) is 23.8. The van der Waals surface area contributed by atoms with E-state index in [9.17, 15) is 19.5 Å². The van der Waals surface area contributed by atoms with Crippen LogP contribution in [0.25, 0.3) is 0 Å². The molecule has 0 amide bonds. The van der Waals surface area contributed by atoms with Crippen LogP contribution < -0.4 is 5.53 Å². The van der Waals surface area contributed by atoms with Gasteiger partial charge >= 0.3 is 33.1 Å². The summed E-state index contributed by atoms with van der Waals surface area (Å²) in [4.78, 5) is 36.2. The van der Waals surface area contributed by atoms with E-state index in [0.29, 0.717) is 18.7 Å². The fraction of sp³-hybridized carbons (Fsp3) is 0.786. The highest BCUT2D eigenvalue weighted by Crippen LogP contribution is 2.79. The van der Waals surface area contributed by atoms with E-state index in [1.54, 1.807) is 85.6 Å². The Morgan fingerprint density at radius 3 is 1.55 bits per heavy atom. The number of hydrogen-bond acceptors (Lipinski definition) is 18. The molecule has 0 aliphatic carbocycles. The van der Waals surface area contributed by atoms with Gasteiger partial charge in [-0.05, 0) is 102 Å². The lowest BCUT2D eigenvalue weighted by atomic mass is 9.89. The van der Waals surface area contributed by atoms with Gasteiger partial charge in [-0.3, -0.25) is 51.6 Å². The molecule has 62 heavy (non-hydrogen) atoms. The standard InChI is InChI=1S/C42H75N3O15P2/c1-31(19-17-20-32(2)25-46)21-18-22-45-24-33(44(16)43-45)23-41(15,61(50,57-27-52-34(47)37(3,4)5)58-28-53-35(48)38(6,7)8)62(51,59-29-54-36(49)39(9,10)11)60-30-56-42(26-55-42)40(12,13)14/h20-21,24,43,46H,17-19,22-23,25-30H2,1-16H3/b31-21-,32-20+. The van der Waals surface area contributed by atoms with Crippen LogP contribution in [-0.4, -0.2) is 97.7 Å². The van der Waals surface area contributed by atoms with Crippen molar-refractivity contribution in [2.45, 2.75) is 140 Å². The molecule has 0 aromatic heterocycles. The lowest BCUT2D eigenvalue weighted by molar-refractivity contribution is -0.164. The van der Waals surface area contributed by atoms with Crippen molar-refractivity contribution in [2.24, 2.45) is 21.7 Å². The average Bonchev–Trinajstić information content (AvgIpc) is 3.86. The molecule has 2 aliphatic rings. The summed E-state index contributed by atoms with van der Waals surface area (Å²) in [6.45, 7) is 22.6. The average molecular weight is 924 g/mol. The second kappa shape index (κ2) is 22.0. The Hall–Kier alpha value is -2.63. The van der Waals surface area contributed by atoms with E-state index in [4.69, 9.17) is 41.8 Å². The van der Waals surface area contributed by atoms with Crippen molar-refractivity contribution in [3.8, 4) is 0 Å². The van der Waals surface area contributed by atoms with Crippen molar-refractivity contribution in [3.63, 3.8) is 0 Å². The van der Waals surface area contributed by atoms with Crippen molar-refractivity contribution in [3.05, 3.63) is 35.2 Å². The lowest BCUT2D eigenvalue weighted by Crippen LogP contribution is -2.40. The smallest absolute Gasteiger partial charge is 0.354 e. The van der Waals surface area contributed by atoms with E-state index in [-0.39, 0.29) is 13.2 Å². The Balaban J connectivity index is 2.71. The van der Waals surface area contributed by atoms with Crippen molar-refractivity contribution in [1.82, 2.24) is 15.6 Å². The number of rotatable bonds is 24. The molecule has 0 spiro atoms. The minimum Gasteiger partial charge on any atom is -0.438 e. The minimum atomic E-state index is -5.07. The number of carbonyl (C=O) groups excluding carboxylic acids is 3. The topological polar surface area (TPSA) is 210 Å². The molecule has 20 heteroatoms. The zero-order valence-electron chi connectivity index (χ0n) is 40.0. The van der Waals surface area contributed by atoms with Gasteiger partial charge in [-0.1, -0.05) is 44.1 Å².